The molecule has 0 unspecified atom stereocenters. The van der Waals surface area contributed by atoms with E-state index in [9.17, 15) is 0 Å². The van der Waals surface area contributed by atoms with Gasteiger partial charge in [0, 0.05) is 44.3 Å². The monoisotopic (exact) mass is 281 g/mol. The van der Waals surface area contributed by atoms with Gasteiger partial charge in [-0.3, -0.25) is 0 Å². The molecule has 21 heavy (non-hydrogen) atoms. The van der Waals surface area contributed by atoms with E-state index in [1.165, 1.54) is 18.1 Å². The van der Waals surface area contributed by atoms with Crippen molar-refractivity contribution in [1.82, 2.24) is 15.3 Å². The topological polar surface area (TPSA) is 74.1 Å². The summed E-state index contributed by atoms with van der Waals surface area (Å²) in [6.07, 6.45) is 2.98. The summed E-state index contributed by atoms with van der Waals surface area (Å²) in [7, 11) is 0. The van der Waals surface area contributed by atoms with Crippen LogP contribution in [0.4, 0.5) is 5.69 Å². The molecule has 1 aromatic carbocycles. The summed E-state index contributed by atoms with van der Waals surface area (Å²) in [6.45, 7) is 4.01. The molecule has 1 fully saturated rings. The van der Waals surface area contributed by atoms with Crippen molar-refractivity contribution in [3.8, 4) is 17.7 Å². The van der Waals surface area contributed by atoms with E-state index >= 15 is 0 Å². The molecule has 2 heterocycles. The van der Waals surface area contributed by atoms with E-state index in [1.54, 1.807) is 0 Å². The molecule has 0 saturated carbocycles. The van der Waals surface area contributed by atoms with Gasteiger partial charge in [-0.05, 0) is 24.3 Å². The number of nitrogens with zero attached hydrogens (tertiary/aromatic N) is 4. The number of rotatable bonds is 3. The minimum Gasteiger partial charge on any atom is -0.436 e. The van der Waals surface area contributed by atoms with Crippen molar-refractivity contribution < 1.29 is 4.74 Å². The van der Waals surface area contributed by atoms with Gasteiger partial charge in [0.15, 0.2) is 0 Å². The highest BCUT2D eigenvalue weighted by atomic mass is 16.5. The number of hydrogen-bond acceptors (Lipinski definition) is 6. The zero-order valence-corrected chi connectivity index (χ0v) is 11.5. The number of ether oxygens (including phenoxy) is 1. The average molecular weight is 281 g/mol. The van der Waals surface area contributed by atoms with Gasteiger partial charge in [-0.1, -0.05) is 0 Å². The molecule has 1 aromatic heterocycles. The normalized spacial score (nSPS) is 14.5. The fourth-order valence-electron chi connectivity index (χ4n) is 2.24. The first-order chi connectivity index (χ1) is 10.4. The fourth-order valence-corrected chi connectivity index (χ4v) is 2.24. The van der Waals surface area contributed by atoms with Crippen molar-refractivity contribution in [2.75, 3.05) is 31.1 Å². The molecule has 1 aliphatic heterocycles. The standard InChI is InChI=1S/C15H15N5O/c16-11-14-15(19-6-5-18-14)21-13-3-1-12(2-4-13)20-9-7-17-8-10-20/h1-6,17H,7-10H2. The highest BCUT2D eigenvalue weighted by molar-refractivity contribution is 5.50. The van der Waals surface area contributed by atoms with Gasteiger partial charge in [-0.25, -0.2) is 9.97 Å². The van der Waals surface area contributed by atoms with Gasteiger partial charge >= 0.3 is 0 Å². The lowest BCUT2D eigenvalue weighted by Crippen LogP contribution is -2.43. The van der Waals surface area contributed by atoms with Crippen molar-refractivity contribution >= 4 is 5.69 Å². The second kappa shape index (κ2) is 6.20. The SMILES string of the molecule is N#Cc1nccnc1Oc1ccc(N2CCNCC2)cc1. The highest BCUT2D eigenvalue weighted by Crippen LogP contribution is 2.24. The molecule has 1 N–H and O–H groups in total. The van der Waals surface area contributed by atoms with Crippen LogP contribution in [0.2, 0.25) is 0 Å². The fraction of sp³-hybridized carbons (Fsp3) is 0.267. The maximum atomic E-state index is 8.97. The zero-order valence-electron chi connectivity index (χ0n) is 11.5. The Morgan fingerprint density at radius 2 is 1.81 bits per heavy atom. The van der Waals surface area contributed by atoms with Crippen molar-refractivity contribution in [1.29, 1.82) is 5.26 Å². The summed E-state index contributed by atoms with van der Waals surface area (Å²) in [5, 5.41) is 12.3. The van der Waals surface area contributed by atoms with Crippen LogP contribution >= 0.6 is 0 Å². The number of nitrogens with one attached hydrogen (secondary N) is 1. The van der Waals surface area contributed by atoms with E-state index in [2.05, 4.69) is 20.2 Å². The number of piperazine rings is 1. The predicted octanol–water partition coefficient (Wildman–Crippen LogP) is 1.55. The average Bonchev–Trinajstić information content (AvgIpc) is 2.57. The van der Waals surface area contributed by atoms with Crippen molar-refractivity contribution in [2.24, 2.45) is 0 Å². The third kappa shape index (κ3) is 3.09. The third-order valence-electron chi connectivity index (χ3n) is 3.30. The summed E-state index contributed by atoms with van der Waals surface area (Å²) in [6, 6.07) is 9.76. The maximum Gasteiger partial charge on any atom is 0.256 e. The van der Waals surface area contributed by atoms with E-state index in [-0.39, 0.29) is 11.6 Å². The molecule has 0 atom stereocenters. The van der Waals surface area contributed by atoms with Crippen LogP contribution in [0.25, 0.3) is 0 Å². The molecule has 1 aliphatic rings. The maximum absolute atomic E-state index is 8.97. The van der Waals surface area contributed by atoms with Gasteiger partial charge in [-0.2, -0.15) is 5.26 Å². The van der Waals surface area contributed by atoms with Crippen LogP contribution in [0, 0.1) is 11.3 Å². The van der Waals surface area contributed by atoms with Crippen molar-refractivity contribution in [3.63, 3.8) is 0 Å². The van der Waals surface area contributed by atoms with Crippen molar-refractivity contribution in [3.05, 3.63) is 42.4 Å². The quantitative estimate of drug-likeness (QED) is 0.920. The molecule has 1 saturated heterocycles. The molecule has 0 radical (unpaired) electrons. The predicted molar refractivity (Wildman–Crippen MR) is 78.3 cm³/mol. The minimum atomic E-state index is 0.184. The van der Waals surface area contributed by atoms with Gasteiger partial charge in [0.2, 0.25) is 5.69 Å². The molecular formula is C15H15N5O. The summed E-state index contributed by atoms with van der Waals surface area (Å²) < 4.78 is 5.62. The lowest BCUT2D eigenvalue weighted by atomic mass is 10.2. The van der Waals surface area contributed by atoms with Gasteiger partial charge in [0.1, 0.15) is 11.8 Å². The Morgan fingerprint density at radius 1 is 1.10 bits per heavy atom. The number of hydrogen-bond donors (Lipinski definition) is 1. The summed E-state index contributed by atoms with van der Waals surface area (Å²) >= 11 is 0. The van der Waals surface area contributed by atoms with Crippen molar-refractivity contribution in [2.45, 2.75) is 0 Å². The van der Waals surface area contributed by atoms with Gasteiger partial charge < -0.3 is 15.0 Å². The highest BCUT2D eigenvalue weighted by Gasteiger charge is 2.11. The van der Waals surface area contributed by atoms with Crippen LogP contribution in [0.1, 0.15) is 5.69 Å². The summed E-state index contributed by atoms with van der Waals surface area (Å²) in [4.78, 5) is 10.3. The molecular weight excluding hydrogens is 266 g/mol. The van der Waals surface area contributed by atoms with E-state index in [0.717, 1.165) is 26.2 Å². The molecule has 0 bridgehead atoms. The Hall–Kier alpha value is -2.65. The number of anilines is 1. The van der Waals surface area contributed by atoms with Crippen LogP contribution in [0.5, 0.6) is 11.6 Å². The van der Waals surface area contributed by atoms with Crippen LogP contribution in [-0.2, 0) is 0 Å². The second-order valence-corrected chi connectivity index (χ2v) is 4.65. The van der Waals surface area contributed by atoms with E-state index in [0.29, 0.717) is 5.75 Å². The van der Waals surface area contributed by atoms with Crippen LogP contribution in [0.15, 0.2) is 36.7 Å². The summed E-state index contributed by atoms with van der Waals surface area (Å²) in [5.41, 5.74) is 1.35. The first-order valence-corrected chi connectivity index (χ1v) is 6.81. The second-order valence-electron chi connectivity index (χ2n) is 4.65. The van der Waals surface area contributed by atoms with Crippen LogP contribution in [-0.4, -0.2) is 36.1 Å². The molecule has 6 heteroatoms. The third-order valence-corrected chi connectivity index (χ3v) is 3.30. The number of aromatic nitrogens is 2. The molecule has 2 aromatic rings. The van der Waals surface area contributed by atoms with Gasteiger partial charge in [0.05, 0.1) is 0 Å². The van der Waals surface area contributed by atoms with Crippen LogP contribution < -0.4 is 15.0 Å². The number of nitriles is 1. The molecule has 3 rings (SSSR count). The number of benzene rings is 1. The Balaban J connectivity index is 1.74. The zero-order chi connectivity index (χ0) is 14.5. The first-order valence-electron chi connectivity index (χ1n) is 6.81. The van der Waals surface area contributed by atoms with E-state index in [1.807, 2.05) is 30.3 Å². The Kier molecular flexibility index (Phi) is 3.94. The van der Waals surface area contributed by atoms with Gasteiger partial charge in [-0.15, -0.1) is 0 Å². The first kappa shape index (κ1) is 13.3. The lowest BCUT2D eigenvalue weighted by Gasteiger charge is -2.29. The summed E-state index contributed by atoms with van der Waals surface area (Å²) in [5.74, 6) is 0.876. The van der Waals surface area contributed by atoms with Crippen LogP contribution in [0.3, 0.4) is 0 Å². The van der Waals surface area contributed by atoms with Gasteiger partial charge in [0.25, 0.3) is 5.88 Å². The molecule has 106 valence electrons. The molecule has 6 nitrogen and oxygen atoms in total. The Bertz CT molecular complexity index is 644. The smallest absolute Gasteiger partial charge is 0.256 e. The Morgan fingerprint density at radius 3 is 2.52 bits per heavy atom. The van der Waals surface area contributed by atoms with E-state index in [4.69, 9.17) is 10.00 Å². The lowest BCUT2D eigenvalue weighted by molar-refractivity contribution is 0.458. The minimum absolute atomic E-state index is 0.184. The van der Waals surface area contributed by atoms with E-state index < -0.39 is 0 Å². The Labute approximate surface area is 123 Å². The molecule has 0 aliphatic carbocycles. The molecule has 0 amide bonds. The largest absolute Gasteiger partial charge is 0.436 e. The molecule has 0 spiro atoms.